The lowest BCUT2D eigenvalue weighted by Gasteiger charge is -2.14. The van der Waals surface area contributed by atoms with E-state index in [4.69, 9.17) is 11.0 Å². The number of hydrogen-bond donors (Lipinski definition) is 1. The van der Waals surface area contributed by atoms with Crippen LogP contribution in [0.5, 0.6) is 0 Å². The predicted molar refractivity (Wildman–Crippen MR) is 78.4 cm³/mol. The fraction of sp³-hybridized carbons (Fsp3) is 0.786. The van der Waals surface area contributed by atoms with E-state index in [1.54, 1.807) is 18.7 Å². The first kappa shape index (κ1) is 13.9. The molecular weight excluding hydrogens is 270 g/mol. The number of rotatable bonds is 7. The van der Waals surface area contributed by atoms with E-state index in [1.165, 1.54) is 31.5 Å². The Kier molecular flexibility index (Phi) is 3.74. The van der Waals surface area contributed by atoms with Crippen molar-refractivity contribution in [2.24, 2.45) is 5.73 Å². The molecule has 2 aliphatic carbocycles. The van der Waals surface area contributed by atoms with Gasteiger partial charge in [0.15, 0.2) is 5.16 Å². The van der Waals surface area contributed by atoms with E-state index >= 15 is 0 Å². The third kappa shape index (κ3) is 3.15. The molecule has 1 aromatic heterocycles. The SMILES string of the molecule is CC(N)(C#N)CCCSc1nnc(C2CC2)n1C1CC1. The zero-order valence-electron chi connectivity index (χ0n) is 11.9. The lowest BCUT2D eigenvalue weighted by atomic mass is 10.0. The van der Waals surface area contributed by atoms with E-state index in [0.717, 1.165) is 23.8 Å². The first-order chi connectivity index (χ1) is 9.61. The fourth-order valence-electron chi connectivity index (χ4n) is 2.34. The predicted octanol–water partition coefficient (Wildman–Crippen LogP) is 2.60. The highest BCUT2D eigenvalue weighted by molar-refractivity contribution is 7.99. The van der Waals surface area contributed by atoms with Gasteiger partial charge in [-0.25, -0.2) is 0 Å². The number of aromatic nitrogens is 3. The summed E-state index contributed by atoms with van der Waals surface area (Å²) in [4.78, 5) is 0. The Morgan fingerprint density at radius 2 is 2.15 bits per heavy atom. The Hall–Kier alpha value is -1.06. The van der Waals surface area contributed by atoms with E-state index in [-0.39, 0.29) is 0 Å². The fourth-order valence-corrected chi connectivity index (χ4v) is 3.29. The molecule has 0 aromatic carbocycles. The third-order valence-corrected chi connectivity index (χ3v) is 4.90. The van der Waals surface area contributed by atoms with Crippen LogP contribution in [0.25, 0.3) is 0 Å². The molecule has 2 saturated carbocycles. The van der Waals surface area contributed by atoms with Gasteiger partial charge in [0, 0.05) is 17.7 Å². The monoisotopic (exact) mass is 291 g/mol. The summed E-state index contributed by atoms with van der Waals surface area (Å²) in [5.74, 6) is 2.81. The molecule has 3 rings (SSSR count). The molecule has 2 fully saturated rings. The van der Waals surface area contributed by atoms with Crippen molar-refractivity contribution in [1.29, 1.82) is 5.26 Å². The zero-order valence-corrected chi connectivity index (χ0v) is 12.7. The second-order valence-electron chi connectivity index (χ2n) is 6.20. The topological polar surface area (TPSA) is 80.5 Å². The van der Waals surface area contributed by atoms with Crippen LogP contribution in [0.15, 0.2) is 5.16 Å². The van der Waals surface area contributed by atoms with Gasteiger partial charge in [0.1, 0.15) is 11.4 Å². The van der Waals surface area contributed by atoms with Gasteiger partial charge < -0.3 is 10.3 Å². The average molecular weight is 291 g/mol. The summed E-state index contributed by atoms with van der Waals surface area (Å²) in [6, 6.07) is 2.78. The maximum absolute atomic E-state index is 8.90. The van der Waals surface area contributed by atoms with Gasteiger partial charge >= 0.3 is 0 Å². The molecule has 0 bridgehead atoms. The summed E-state index contributed by atoms with van der Waals surface area (Å²) >= 11 is 1.76. The molecule has 6 heteroatoms. The number of thioether (sulfide) groups is 1. The van der Waals surface area contributed by atoms with Crippen LogP contribution < -0.4 is 5.73 Å². The van der Waals surface area contributed by atoms with Crippen LogP contribution in [0.2, 0.25) is 0 Å². The van der Waals surface area contributed by atoms with Crippen molar-refractivity contribution in [2.45, 2.75) is 68.1 Å². The minimum atomic E-state index is -0.704. The molecule has 1 atom stereocenters. The molecule has 108 valence electrons. The minimum absolute atomic E-state index is 0.641. The van der Waals surface area contributed by atoms with Crippen molar-refractivity contribution in [3.8, 4) is 6.07 Å². The average Bonchev–Trinajstić information content (AvgIpc) is 3.33. The van der Waals surface area contributed by atoms with E-state index in [2.05, 4.69) is 20.8 Å². The molecular formula is C14H21N5S. The molecule has 2 aliphatic rings. The zero-order chi connectivity index (χ0) is 14.2. The smallest absolute Gasteiger partial charge is 0.191 e. The van der Waals surface area contributed by atoms with Crippen LogP contribution in [-0.2, 0) is 0 Å². The van der Waals surface area contributed by atoms with Gasteiger partial charge in [-0.3, -0.25) is 0 Å². The standard InChI is InChI=1S/C14H21N5S/c1-14(16,9-15)7-2-8-20-13-18-17-12(10-3-4-10)19(13)11-5-6-11/h10-11H,2-8,16H2,1H3. The Bertz CT molecular complexity index is 522. The van der Waals surface area contributed by atoms with Crippen LogP contribution in [-0.4, -0.2) is 26.1 Å². The lowest BCUT2D eigenvalue weighted by molar-refractivity contribution is 0.540. The Morgan fingerprint density at radius 3 is 2.75 bits per heavy atom. The Labute approximate surface area is 123 Å². The van der Waals surface area contributed by atoms with Crippen LogP contribution in [0.1, 0.15) is 63.2 Å². The van der Waals surface area contributed by atoms with Gasteiger partial charge in [0.05, 0.1) is 6.07 Å². The molecule has 2 N–H and O–H groups in total. The molecule has 0 spiro atoms. The normalized spacial score (nSPS) is 21.4. The molecule has 1 aromatic rings. The molecule has 1 heterocycles. The van der Waals surface area contributed by atoms with E-state index in [9.17, 15) is 0 Å². The molecule has 20 heavy (non-hydrogen) atoms. The second-order valence-corrected chi connectivity index (χ2v) is 7.26. The highest BCUT2D eigenvalue weighted by atomic mass is 32.2. The second kappa shape index (κ2) is 5.38. The van der Waals surface area contributed by atoms with E-state index in [1.807, 2.05) is 0 Å². The van der Waals surface area contributed by atoms with Crippen LogP contribution >= 0.6 is 11.8 Å². The maximum Gasteiger partial charge on any atom is 0.191 e. The number of nitriles is 1. The first-order valence-electron chi connectivity index (χ1n) is 7.38. The molecule has 0 aliphatic heterocycles. The van der Waals surface area contributed by atoms with Crippen molar-refractivity contribution >= 4 is 11.8 Å². The van der Waals surface area contributed by atoms with Crippen molar-refractivity contribution in [2.75, 3.05) is 5.75 Å². The van der Waals surface area contributed by atoms with Crippen molar-refractivity contribution in [3.63, 3.8) is 0 Å². The van der Waals surface area contributed by atoms with Gasteiger partial charge in [-0.1, -0.05) is 11.8 Å². The number of hydrogen-bond acceptors (Lipinski definition) is 5. The van der Waals surface area contributed by atoms with Gasteiger partial charge in [-0.15, -0.1) is 10.2 Å². The van der Waals surface area contributed by atoms with Crippen LogP contribution in [0, 0.1) is 11.3 Å². The summed E-state index contributed by atoms with van der Waals surface area (Å²) < 4.78 is 2.37. The van der Waals surface area contributed by atoms with Gasteiger partial charge in [-0.05, 0) is 45.4 Å². The van der Waals surface area contributed by atoms with E-state index < -0.39 is 5.54 Å². The Morgan fingerprint density at radius 1 is 1.40 bits per heavy atom. The van der Waals surface area contributed by atoms with Crippen molar-refractivity contribution in [1.82, 2.24) is 14.8 Å². The summed E-state index contributed by atoms with van der Waals surface area (Å²) in [6.07, 6.45) is 6.72. The lowest BCUT2D eigenvalue weighted by Crippen LogP contribution is -2.33. The van der Waals surface area contributed by atoms with Crippen molar-refractivity contribution in [3.05, 3.63) is 5.82 Å². The summed E-state index contributed by atoms with van der Waals surface area (Å²) in [7, 11) is 0. The first-order valence-corrected chi connectivity index (χ1v) is 8.37. The Balaban J connectivity index is 1.57. The largest absolute Gasteiger partial charge is 0.314 e. The summed E-state index contributed by atoms with van der Waals surface area (Å²) in [5.41, 5.74) is 5.13. The molecule has 0 saturated heterocycles. The highest BCUT2D eigenvalue weighted by Crippen LogP contribution is 2.46. The number of nitrogens with zero attached hydrogens (tertiary/aromatic N) is 4. The molecule has 0 radical (unpaired) electrons. The maximum atomic E-state index is 8.90. The van der Waals surface area contributed by atoms with E-state index in [0.29, 0.717) is 12.0 Å². The van der Waals surface area contributed by atoms with Gasteiger partial charge in [-0.2, -0.15) is 5.26 Å². The van der Waals surface area contributed by atoms with Gasteiger partial charge in [0.25, 0.3) is 0 Å². The molecule has 0 amide bonds. The molecule has 1 unspecified atom stereocenters. The van der Waals surface area contributed by atoms with Crippen molar-refractivity contribution < 1.29 is 0 Å². The summed E-state index contributed by atoms with van der Waals surface area (Å²) in [6.45, 7) is 1.79. The highest BCUT2D eigenvalue weighted by Gasteiger charge is 2.36. The third-order valence-electron chi connectivity index (χ3n) is 3.87. The quantitative estimate of drug-likeness (QED) is 0.617. The van der Waals surface area contributed by atoms with Gasteiger partial charge in [0.2, 0.25) is 0 Å². The summed E-state index contributed by atoms with van der Waals surface area (Å²) in [5, 5.41) is 18.7. The minimum Gasteiger partial charge on any atom is -0.314 e. The van der Waals surface area contributed by atoms with Crippen LogP contribution in [0.4, 0.5) is 0 Å². The van der Waals surface area contributed by atoms with Crippen LogP contribution in [0.3, 0.4) is 0 Å². The molecule has 5 nitrogen and oxygen atoms in total. The number of nitrogens with two attached hydrogens (primary N) is 1.